The van der Waals surface area contributed by atoms with E-state index in [9.17, 15) is 9.59 Å². The number of ether oxygens (including phenoxy) is 1. The monoisotopic (exact) mass is 399 g/mol. The van der Waals surface area contributed by atoms with Gasteiger partial charge in [0.05, 0.1) is 5.02 Å². The van der Waals surface area contributed by atoms with Crippen molar-refractivity contribution in [3.63, 3.8) is 0 Å². The van der Waals surface area contributed by atoms with Gasteiger partial charge in [-0.1, -0.05) is 35.8 Å². The van der Waals surface area contributed by atoms with Crippen LogP contribution in [0.4, 0.5) is 5.69 Å². The molecule has 0 aliphatic heterocycles. The van der Waals surface area contributed by atoms with Gasteiger partial charge >= 0.3 is 6.08 Å². The number of carbonyl (C=O) groups is 2. The summed E-state index contributed by atoms with van der Waals surface area (Å²) in [7, 11) is 0. The van der Waals surface area contributed by atoms with Gasteiger partial charge in [-0.15, -0.1) is 0 Å². The molecule has 3 rings (SSSR count). The lowest BCUT2D eigenvalue weighted by atomic mass is 10.1. The summed E-state index contributed by atoms with van der Waals surface area (Å²) in [6, 6.07) is 13.6. The van der Waals surface area contributed by atoms with Crippen molar-refractivity contribution in [1.82, 2.24) is 10.1 Å². The molecule has 0 radical (unpaired) electrons. The van der Waals surface area contributed by atoms with E-state index in [-0.39, 0.29) is 30.2 Å². The second-order valence-corrected chi connectivity index (χ2v) is 6.36. The van der Waals surface area contributed by atoms with Crippen molar-refractivity contribution in [2.75, 3.05) is 11.9 Å². The van der Waals surface area contributed by atoms with E-state index in [0.717, 1.165) is 6.42 Å². The van der Waals surface area contributed by atoms with E-state index in [1.165, 1.54) is 0 Å². The number of Topliss-reactive ketones (excluding diaryl/α,β-unsaturated/α-hetero) is 1. The molecule has 0 aliphatic carbocycles. The summed E-state index contributed by atoms with van der Waals surface area (Å²) >= 11 is 6.09. The van der Waals surface area contributed by atoms with Gasteiger partial charge < -0.3 is 10.1 Å². The van der Waals surface area contributed by atoms with Crippen molar-refractivity contribution >= 4 is 29.0 Å². The molecule has 0 spiro atoms. The summed E-state index contributed by atoms with van der Waals surface area (Å²) in [5.41, 5.74) is 1.69. The molecule has 1 aromatic heterocycles. The van der Waals surface area contributed by atoms with Crippen molar-refractivity contribution in [2.24, 2.45) is 0 Å². The van der Waals surface area contributed by atoms with Crippen LogP contribution in [0.5, 0.6) is 6.08 Å². The predicted octanol–water partition coefficient (Wildman–Crippen LogP) is 4.39. The number of aromatic nitrogens is 2. The number of carbonyl (C=O) groups excluding carboxylic acids is 2. The molecule has 0 saturated carbocycles. The third-order valence-electron chi connectivity index (χ3n) is 3.82. The van der Waals surface area contributed by atoms with Gasteiger partial charge in [-0.05, 0) is 42.8 Å². The highest BCUT2D eigenvalue weighted by Gasteiger charge is 2.14. The minimum absolute atomic E-state index is 0.0596. The number of ketones is 1. The molecule has 8 heteroatoms. The number of nitrogens with zero attached hydrogens (tertiary/aromatic N) is 2. The normalized spacial score (nSPS) is 10.5. The van der Waals surface area contributed by atoms with E-state index in [4.69, 9.17) is 20.9 Å². The van der Waals surface area contributed by atoms with Crippen LogP contribution in [0.1, 0.15) is 30.1 Å². The van der Waals surface area contributed by atoms with Gasteiger partial charge in [0.25, 0.3) is 0 Å². The maximum atomic E-state index is 12.3. The molecule has 0 unspecified atom stereocenters. The van der Waals surface area contributed by atoms with Gasteiger partial charge in [0.2, 0.25) is 11.7 Å². The minimum atomic E-state index is -0.260. The second kappa shape index (κ2) is 9.14. The average molecular weight is 400 g/mol. The van der Waals surface area contributed by atoms with Crippen LogP contribution in [0.2, 0.25) is 5.02 Å². The third-order valence-corrected chi connectivity index (χ3v) is 4.15. The lowest BCUT2D eigenvalue weighted by Gasteiger charge is -2.05. The van der Waals surface area contributed by atoms with Crippen molar-refractivity contribution in [3.8, 4) is 17.5 Å². The van der Waals surface area contributed by atoms with Crippen LogP contribution in [0.3, 0.4) is 0 Å². The maximum Gasteiger partial charge on any atom is 0.418 e. The van der Waals surface area contributed by atoms with E-state index >= 15 is 0 Å². The number of hydrogen-bond acceptors (Lipinski definition) is 6. The number of rotatable bonds is 8. The highest BCUT2D eigenvalue weighted by Crippen LogP contribution is 2.26. The molecule has 7 nitrogen and oxygen atoms in total. The van der Waals surface area contributed by atoms with Crippen LogP contribution in [-0.2, 0) is 4.79 Å². The Hall–Kier alpha value is -3.19. The lowest BCUT2D eigenvalue weighted by molar-refractivity contribution is -0.116. The highest BCUT2D eigenvalue weighted by atomic mass is 35.5. The fourth-order valence-electron chi connectivity index (χ4n) is 2.42. The first-order chi connectivity index (χ1) is 13.6. The molecule has 0 aliphatic rings. The molecule has 0 atom stereocenters. The fraction of sp³-hybridized carbons (Fsp3) is 0.200. The summed E-state index contributed by atoms with van der Waals surface area (Å²) in [4.78, 5) is 27.9. The van der Waals surface area contributed by atoms with Gasteiger partial charge in [0.15, 0.2) is 12.4 Å². The highest BCUT2D eigenvalue weighted by molar-refractivity contribution is 6.33. The van der Waals surface area contributed by atoms with E-state index in [0.29, 0.717) is 28.3 Å². The van der Waals surface area contributed by atoms with E-state index < -0.39 is 0 Å². The number of benzene rings is 2. The molecule has 0 saturated heterocycles. The largest absolute Gasteiger partial charge is 0.440 e. The van der Waals surface area contributed by atoms with Crippen LogP contribution < -0.4 is 10.1 Å². The van der Waals surface area contributed by atoms with Gasteiger partial charge in [-0.25, -0.2) is 0 Å². The van der Waals surface area contributed by atoms with E-state index in [2.05, 4.69) is 15.5 Å². The molecule has 0 bridgehead atoms. The van der Waals surface area contributed by atoms with Crippen molar-refractivity contribution < 1.29 is 18.8 Å². The fourth-order valence-corrected chi connectivity index (χ4v) is 2.64. The Labute approximate surface area is 166 Å². The quantitative estimate of drug-likeness (QED) is 0.564. The van der Waals surface area contributed by atoms with E-state index in [1.54, 1.807) is 48.5 Å². The smallest absolute Gasteiger partial charge is 0.418 e. The SMILES string of the molecule is CCCC(=O)Nc1ccc(C(=O)COc2nc(-c3ccccc3Cl)no2)cc1. The van der Waals surface area contributed by atoms with Crippen molar-refractivity contribution in [3.05, 3.63) is 59.1 Å². The zero-order valence-corrected chi connectivity index (χ0v) is 15.9. The molecule has 1 heterocycles. The molecule has 1 N–H and O–H groups in total. The van der Waals surface area contributed by atoms with E-state index in [1.807, 2.05) is 6.92 Å². The molecule has 2 aromatic carbocycles. The summed E-state index contributed by atoms with van der Waals surface area (Å²) in [6.45, 7) is 1.67. The van der Waals surface area contributed by atoms with Crippen LogP contribution >= 0.6 is 11.6 Å². The molecule has 0 fully saturated rings. The maximum absolute atomic E-state index is 12.3. The first kappa shape index (κ1) is 19.6. The summed E-state index contributed by atoms with van der Waals surface area (Å²) in [5.74, 6) is -0.0419. The van der Waals surface area contributed by atoms with Crippen molar-refractivity contribution in [2.45, 2.75) is 19.8 Å². The molecular formula is C20H18ClN3O4. The van der Waals surface area contributed by atoms with Gasteiger partial charge in [-0.3, -0.25) is 14.1 Å². The Bertz CT molecular complexity index is 970. The number of amides is 1. The number of anilines is 1. The van der Waals surface area contributed by atoms with Crippen LogP contribution in [0.25, 0.3) is 11.4 Å². The molecule has 28 heavy (non-hydrogen) atoms. The lowest BCUT2D eigenvalue weighted by Crippen LogP contribution is -2.13. The van der Waals surface area contributed by atoms with Gasteiger partial charge in [-0.2, -0.15) is 4.98 Å². The number of halogens is 1. The first-order valence-electron chi connectivity index (χ1n) is 8.71. The Morgan fingerprint density at radius 3 is 2.61 bits per heavy atom. The number of hydrogen-bond donors (Lipinski definition) is 1. The molecule has 144 valence electrons. The molecule has 3 aromatic rings. The standard InChI is InChI=1S/C20H18ClN3O4/c1-2-5-18(26)22-14-10-8-13(9-11-14)17(25)12-27-20-23-19(24-28-20)15-6-3-4-7-16(15)21/h3-4,6-11H,2,5,12H2,1H3,(H,22,26). The minimum Gasteiger partial charge on any atom is -0.440 e. The van der Waals surface area contributed by atoms with Crippen LogP contribution in [0, 0.1) is 0 Å². The summed E-state index contributed by atoms with van der Waals surface area (Å²) in [6.07, 6.45) is 1.11. The zero-order chi connectivity index (χ0) is 19.9. The average Bonchev–Trinajstić information content (AvgIpc) is 3.16. The van der Waals surface area contributed by atoms with Crippen molar-refractivity contribution in [1.29, 1.82) is 0 Å². The molecular weight excluding hydrogens is 382 g/mol. The predicted molar refractivity (Wildman–Crippen MR) is 105 cm³/mol. The Morgan fingerprint density at radius 2 is 1.89 bits per heavy atom. The Morgan fingerprint density at radius 1 is 1.14 bits per heavy atom. The Kier molecular flexibility index (Phi) is 6.39. The number of nitrogens with one attached hydrogen (secondary N) is 1. The van der Waals surface area contributed by atoms with Gasteiger partial charge in [0, 0.05) is 23.2 Å². The topological polar surface area (TPSA) is 94.3 Å². The zero-order valence-electron chi connectivity index (χ0n) is 15.1. The van der Waals surface area contributed by atoms with Crippen LogP contribution in [-0.4, -0.2) is 28.4 Å². The Balaban J connectivity index is 1.57. The summed E-state index contributed by atoms with van der Waals surface area (Å²) < 4.78 is 10.3. The van der Waals surface area contributed by atoms with Crippen LogP contribution in [0.15, 0.2) is 53.1 Å². The first-order valence-corrected chi connectivity index (χ1v) is 9.09. The second-order valence-electron chi connectivity index (χ2n) is 5.95. The summed E-state index contributed by atoms with van der Waals surface area (Å²) in [5, 5.41) is 7.05. The third kappa shape index (κ3) is 4.95. The molecule has 1 amide bonds. The van der Waals surface area contributed by atoms with Gasteiger partial charge in [0.1, 0.15) is 0 Å².